The van der Waals surface area contributed by atoms with Crippen LogP contribution >= 0.6 is 23.4 Å². The molecule has 10 heteroatoms. The highest BCUT2D eigenvalue weighted by atomic mass is 35.5. The molecule has 210 valence electrons. The van der Waals surface area contributed by atoms with Gasteiger partial charge in [-0.15, -0.1) is 5.10 Å². The van der Waals surface area contributed by atoms with Crippen molar-refractivity contribution in [1.82, 2.24) is 14.8 Å². The minimum Gasteiger partial charge on any atom is -0.489 e. The van der Waals surface area contributed by atoms with Gasteiger partial charge in [-0.3, -0.25) is 4.79 Å². The second-order valence-corrected chi connectivity index (χ2v) is 12.3. The molecule has 2 heterocycles. The number of aromatic nitrogens is 3. The summed E-state index contributed by atoms with van der Waals surface area (Å²) in [6.45, 7) is 4.14. The number of carbonyl (C=O) groups is 1. The van der Waals surface area contributed by atoms with E-state index in [4.69, 9.17) is 26.4 Å². The lowest BCUT2D eigenvalue weighted by molar-refractivity contribution is -0.118. The van der Waals surface area contributed by atoms with Crippen molar-refractivity contribution in [2.24, 2.45) is 5.41 Å². The molecule has 4 aromatic rings. The second kappa shape index (κ2) is 10.9. The minimum absolute atomic E-state index is 0.0170. The number of hydrogen-bond donors (Lipinski definition) is 1. The molecule has 1 atom stereocenters. The first-order valence-corrected chi connectivity index (χ1v) is 14.6. The zero-order valence-corrected chi connectivity index (χ0v) is 24.0. The fraction of sp³-hybridized carbons (Fsp3) is 0.258. The van der Waals surface area contributed by atoms with Gasteiger partial charge in [0.2, 0.25) is 11.1 Å². The number of Topliss-reactive ketones (excluding diaryl/α,β-unsaturated/α-hetero) is 1. The zero-order chi connectivity index (χ0) is 28.7. The number of ketones is 1. The van der Waals surface area contributed by atoms with Crippen LogP contribution in [-0.4, -0.2) is 20.5 Å². The van der Waals surface area contributed by atoms with Crippen molar-refractivity contribution in [2.75, 3.05) is 5.32 Å². The monoisotopic (exact) mass is 592 g/mol. The largest absolute Gasteiger partial charge is 0.489 e. The number of benzene rings is 3. The van der Waals surface area contributed by atoms with Gasteiger partial charge in [0.1, 0.15) is 30.0 Å². The third-order valence-electron chi connectivity index (χ3n) is 7.27. The van der Waals surface area contributed by atoms with Gasteiger partial charge in [0.15, 0.2) is 5.78 Å². The second-order valence-electron chi connectivity index (χ2n) is 11.0. The smallest absolute Gasteiger partial charge is 0.227 e. The average Bonchev–Trinajstić information content (AvgIpc) is 3.33. The predicted octanol–water partition coefficient (Wildman–Crippen LogP) is 7.74. The molecule has 0 fully saturated rings. The van der Waals surface area contributed by atoms with Crippen LogP contribution in [0.5, 0.6) is 5.75 Å². The van der Waals surface area contributed by atoms with Crippen LogP contribution < -0.4 is 10.1 Å². The quantitative estimate of drug-likeness (QED) is 0.221. The summed E-state index contributed by atoms with van der Waals surface area (Å²) in [5, 5.41) is 8.89. The number of halogens is 3. The number of ether oxygens (including phenoxy) is 1. The van der Waals surface area contributed by atoms with E-state index in [1.54, 1.807) is 47.1 Å². The van der Waals surface area contributed by atoms with Crippen LogP contribution in [0.2, 0.25) is 5.02 Å². The molecule has 0 spiro atoms. The van der Waals surface area contributed by atoms with Gasteiger partial charge in [-0.25, -0.2) is 13.5 Å². The van der Waals surface area contributed by atoms with E-state index in [1.165, 1.54) is 23.9 Å². The molecule has 0 radical (unpaired) electrons. The van der Waals surface area contributed by atoms with Crippen molar-refractivity contribution in [3.8, 4) is 5.75 Å². The first kappa shape index (κ1) is 27.5. The molecule has 3 aromatic carbocycles. The van der Waals surface area contributed by atoms with E-state index in [0.717, 1.165) is 11.3 Å². The van der Waals surface area contributed by atoms with Gasteiger partial charge in [-0.2, -0.15) is 4.98 Å². The highest BCUT2D eigenvalue weighted by molar-refractivity contribution is 7.98. The Bertz CT molecular complexity index is 1650. The molecule has 1 N–H and O–H groups in total. The van der Waals surface area contributed by atoms with Crippen molar-refractivity contribution in [2.45, 2.75) is 50.2 Å². The van der Waals surface area contributed by atoms with E-state index in [2.05, 4.69) is 19.2 Å². The molecule has 41 heavy (non-hydrogen) atoms. The number of anilines is 1. The minimum atomic E-state index is -0.491. The highest BCUT2D eigenvalue weighted by Crippen LogP contribution is 2.46. The molecule has 6 rings (SSSR count). The topological polar surface area (TPSA) is 69.0 Å². The first-order chi connectivity index (χ1) is 19.7. The Morgan fingerprint density at radius 3 is 2.56 bits per heavy atom. The molecule has 0 bridgehead atoms. The number of nitrogens with zero attached hydrogens (tertiary/aromatic N) is 3. The van der Waals surface area contributed by atoms with Crippen molar-refractivity contribution >= 4 is 35.1 Å². The Morgan fingerprint density at radius 2 is 1.80 bits per heavy atom. The molecule has 0 saturated heterocycles. The van der Waals surface area contributed by atoms with Crippen LogP contribution in [0.4, 0.5) is 14.7 Å². The number of hydrogen-bond acceptors (Lipinski definition) is 6. The zero-order valence-electron chi connectivity index (χ0n) is 22.5. The lowest BCUT2D eigenvalue weighted by Gasteiger charge is -2.38. The first-order valence-electron chi connectivity index (χ1n) is 13.2. The molecular weight excluding hydrogens is 566 g/mol. The maximum atomic E-state index is 14.2. The van der Waals surface area contributed by atoms with Gasteiger partial charge in [-0.1, -0.05) is 73.6 Å². The van der Waals surface area contributed by atoms with E-state index in [-0.39, 0.29) is 29.2 Å². The van der Waals surface area contributed by atoms with Gasteiger partial charge in [0.05, 0.1) is 5.02 Å². The summed E-state index contributed by atoms with van der Waals surface area (Å²) in [6, 6.07) is 18.0. The summed E-state index contributed by atoms with van der Waals surface area (Å²) >= 11 is 7.47. The fourth-order valence-corrected chi connectivity index (χ4v) is 6.32. The van der Waals surface area contributed by atoms with Crippen LogP contribution in [0.3, 0.4) is 0 Å². The average molecular weight is 593 g/mol. The van der Waals surface area contributed by atoms with Crippen molar-refractivity contribution in [3.05, 3.63) is 111 Å². The van der Waals surface area contributed by atoms with Gasteiger partial charge in [-0.05, 0) is 53.3 Å². The predicted molar refractivity (Wildman–Crippen MR) is 155 cm³/mol. The summed E-state index contributed by atoms with van der Waals surface area (Å²) in [7, 11) is 0. The molecule has 1 aliphatic carbocycles. The van der Waals surface area contributed by atoms with Gasteiger partial charge in [0.25, 0.3) is 0 Å². The number of fused-ring (bicyclic) bond motifs is 1. The van der Waals surface area contributed by atoms with Crippen LogP contribution in [-0.2, 0) is 17.2 Å². The van der Waals surface area contributed by atoms with Crippen LogP contribution in [0, 0.1) is 17.0 Å². The lowest BCUT2D eigenvalue weighted by Crippen LogP contribution is -2.36. The SMILES string of the molecule is CC1(C)CC(=O)C2=C(C1)Nc1nc(SCc3ccccc3F)nn1C2c1ccc(OCc2c(F)cccc2Cl)cc1. The Balaban J connectivity index is 1.30. The molecular formula is C31H27ClF2N4O2S. The Hall–Kier alpha value is -3.69. The van der Waals surface area contributed by atoms with E-state index in [9.17, 15) is 13.6 Å². The Morgan fingerprint density at radius 1 is 1.05 bits per heavy atom. The molecule has 1 aliphatic heterocycles. The maximum Gasteiger partial charge on any atom is 0.227 e. The van der Waals surface area contributed by atoms with Crippen molar-refractivity contribution < 1.29 is 18.3 Å². The third kappa shape index (κ3) is 5.61. The van der Waals surface area contributed by atoms with Crippen LogP contribution in [0.1, 0.15) is 49.4 Å². The summed E-state index contributed by atoms with van der Waals surface area (Å²) in [5.41, 5.74) is 3.01. The Kier molecular flexibility index (Phi) is 7.34. The van der Waals surface area contributed by atoms with Gasteiger partial charge in [0, 0.05) is 29.0 Å². The van der Waals surface area contributed by atoms with Gasteiger partial charge >= 0.3 is 0 Å². The molecule has 6 nitrogen and oxygen atoms in total. The molecule has 2 aliphatic rings. The van der Waals surface area contributed by atoms with E-state index in [0.29, 0.717) is 51.6 Å². The summed E-state index contributed by atoms with van der Waals surface area (Å²) in [4.78, 5) is 18.2. The molecule has 0 saturated carbocycles. The van der Waals surface area contributed by atoms with E-state index in [1.807, 2.05) is 12.1 Å². The number of allylic oxidation sites excluding steroid dienone is 2. The molecule has 0 amide bonds. The molecule has 1 unspecified atom stereocenters. The van der Waals surface area contributed by atoms with Crippen molar-refractivity contribution in [1.29, 1.82) is 0 Å². The van der Waals surface area contributed by atoms with Crippen LogP contribution in [0.15, 0.2) is 83.2 Å². The van der Waals surface area contributed by atoms with Crippen LogP contribution in [0.25, 0.3) is 0 Å². The third-order valence-corrected chi connectivity index (χ3v) is 8.51. The molecule has 1 aromatic heterocycles. The summed E-state index contributed by atoms with van der Waals surface area (Å²) in [6.07, 6.45) is 1.12. The fourth-order valence-electron chi connectivity index (χ4n) is 5.29. The normalized spacial score (nSPS) is 17.6. The number of carbonyl (C=O) groups excluding carboxylic acids is 1. The maximum absolute atomic E-state index is 14.2. The summed E-state index contributed by atoms with van der Waals surface area (Å²) < 4.78 is 35.9. The summed E-state index contributed by atoms with van der Waals surface area (Å²) in [5.74, 6) is 0.800. The Labute approximate surface area is 245 Å². The lowest BCUT2D eigenvalue weighted by atomic mass is 9.73. The number of nitrogens with one attached hydrogen (secondary N) is 1. The number of thioether (sulfide) groups is 1. The number of rotatable bonds is 7. The standard InChI is InChI=1S/C31H27ClF2N4O2S/c1-31(2)14-25-27(26(39)15-31)28(18-10-12-20(13-11-18)40-16-21-22(32)7-5-9-24(21)34)38-29(35-25)36-30(37-38)41-17-19-6-3-4-8-23(19)33/h3-13,28H,14-17H2,1-2H3,(H,35,36,37). The van der Waals surface area contributed by atoms with E-state index < -0.39 is 11.9 Å². The van der Waals surface area contributed by atoms with Crippen molar-refractivity contribution in [3.63, 3.8) is 0 Å². The van der Waals surface area contributed by atoms with E-state index >= 15 is 0 Å². The highest BCUT2D eigenvalue weighted by Gasteiger charge is 2.41. The van der Waals surface area contributed by atoms with Gasteiger partial charge < -0.3 is 10.1 Å².